The summed E-state index contributed by atoms with van der Waals surface area (Å²) in [5.74, 6) is 0.163. The van der Waals surface area contributed by atoms with Gasteiger partial charge in [0.2, 0.25) is 5.91 Å². The molecule has 0 saturated carbocycles. The third-order valence-electron chi connectivity index (χ3n) is 6.41. The number of nitrogens with zero attached hydrogens (tertiary/aromatic N) is 2. The lowest BCUT2D eigenvalue weighted by Crippen LogP contribution is -2.39. The van der Waals surface area contributed by atoms with Crippen LogP contribution < -0.4 is 5.32 Å². The molecule has 0 aliphatic heterocycles. The molecule has 0 fully saturated rings. The van der Waals surface area contributed by atoms with Gasteiger partial charge < -0.3 is 5.32 Å². The molecule has 8 heteroatoms. The highest BCUT2D eigenvalue weighted by Crippen LogP contribution is 2.38. The molecule has 1 unspecified atom stereocenters. The standard InChI is InChI=1S/C26H27N3O4S/c1-4-34(32,33)19-10-8-18(9-11-19)16-23(30)29-22-15-17(2)24-20(28-22)12-13-26(3,25(24)31)21-7-5-6-14-27-21/h5-11,14-15H,4,12-13,16H2,1-3H3,(H,28,29,30). The van der Waals surface area contributed by atoms with Gasteiger partial charge in [0.05, 0.1) is 33.9 Å². The molecule has 0 saturated heterocycles. The minimum absolute atomic E-state index is 0.00236. The maximum atomic E-state index is 13.4. The van der Waals surface area contributed by atoms with Gasteiger partial charge in [-0.25, -0.2) is 13.4 Å². The van der Waals surface area contributed by atoms with Crippen LogP contribution in [0, 0.1) is 6.92 Å². The van der Waals surface area contributed by atoms with Gasteiger partial charge in [-0.2, -0.15) is 0 Å². The van der Waals surface area contributed by atoms with E-state index < -0.39 is 15.3 Å². The highest BCUT2D eigenvalue weighted by molar-refractivity contribution is 7.91. The quantitative estimate of drug-likeness (QED) is 0.578. The van der Waals surface area contributed by atoms with Crippen molar-refractivity contribution in [2.75, 3.05) is 11.1 Å². The van der Waals surface area contributed by atoms with Gasteiger partial charge in [-0.1, -0.05) is 25.1 Å². The molecule has 0 radical (unpaired) electrons. The summed E-state index contributed by atoms with van der Waals surface area (Å²) < 4.78 is 23.9. The molecule has 1 N–H and O–H groups in total. The van der Waals surface area contributed by atoms with Gasteiger partial charge in [-0.3, -0.25) is 14.6 Å². The molecule has 176 valence electrons. The van der Waals surface area contributed by atoms with E-state index in [2.05, 4.69) is 15.3 Å². The van der Waals surface area contributed by atoms with Gasteiger partial charge in [-0.15, -0.1) is 0 Å². The SMILES string of the molecule is CCS(=O)(=O)c1ccc(CC(=O)Nc2cc(C)c3c(n2)CCC(C)(c2ccccn2)C3=O)cc1. The molecule has 1 amide bonds. The number of pyridine rings is 2. The Bertz CT molecular complexity index is 1350. The first-order valence-electron chi connectivity index (χ1n) is 11.2. The summed E-state index contributed by atoms with van der Waals surface area (Å²) in [6.45, 7) is 5.37. The first kappa shape index (κ1) is 23.8. The first-order chi connectivity index (χ1) is 16.1. The van der Waals surface area contributed by atoms with E-state index in [9.17, 15) is 18.0 Å². The van der Waals surface area contributed by atoms with Crippen molar-refractivity contribution in [1.29, 1.82) is 0 Å². The van der Waals surface area contributed by atoms with Crippen LogP contribution >= 0.6 is 0 Å². The summed E-state index contributed by atoms with van der Waals surface area (Å²) in [7, 11) is -3.28. The van der Waals surface area contributed by atoms with Crippen LogP contribution in [0.3, 0.4) is 0 Å². The lowest BCUT2D eigenvalue weighted by molar-refractivity contribution is -0.115. The number of amides is 1. The summed E-state index contributed by atoms with van der Waals surface area (Å²) in [5, 5.41) is 2.81. The fourth-order valence-corrected chi connectivity index (χ4v) is 5.22. The molecular weight excluding hydrogens is 450 g/mol. The van der Waals surface area contributed by atoms with Gasteiger partial charge in [0.15, 0.2) is 15.6 Å². The van der Waals surface area contributed by atoms with Crippen molar-refractivity contribution in [3.05, 3.63) is 82.8 Å². The Morgan fingerprint density at radius 1 is 1.15 bits per heavy atom. The minimum atomic E-state index is -3.28. The maximum Gasteiger partial charge on any atom is 0.229 e. The molecule has 2 aromatic heterocycles. The third kappa shape index (κ3) is 4.50. The summed E-state index contributed by atoms with van der Waals surface area (Å²) in [6.07, 6.45) is 2.98. The Hall–Kier alpha value is -3.39. The first-order valence-corrected chi connectivity index (χ1v) is 12.9. The zero-order valence-electron chi connectivity index (χ0n) is 19.5. The molecule has 2 heterocycles. The molecule has 1 atom stereocenters. The highest BCUT2D eigenvalue weighted by atomic mass is 32.2. The number of Topliss-reactive ketones (excluding diaryl/α,β-unsaturated/α-hetero) is 1. The van der Waals surface area contributed by atoms with E-state index in [0.29, 0.717) is 35.5 Å². The Labute approximate surface area is 199 Å². The van der Waals surface area contributed by atoms with Gasteiger partial charge >= 0.3 is 0 Å². The number of aromatic nitrogens is 2. The third-order valence-corrected chi connectivity index (χ3v) is 8.16. The predicted molar refractivity (Wildman–Crippen MR) is 130 cm³/mol. The molecule has 4 rings (SSSR count). The van der Waals surface area contributed by atoms with Crippen molar-refractivity contribution in [3.8, 4) is 0 Å². The van der Waals surface area contributed by atoms with Crippen LogP contribution in [0.25, 0.3) is 0 Å². The molecule has 34 heavy (non-hydrogen) atoms. The Morgan fingerprint density at radius 3 is 2.53 bits per heavy atom. The fraction of sp³-hybridized carbons (Fsp3) is 0.308. The number of rotatable bonds is 6. The van der Waals surface area contributed by atoms with Crippen molar-refractivity contribution in [2.45, 2.75) is 50.3 Å². The summed E-state index contributed by atoms with van der Waals surface area (Å²) in [4.78, 5) is 35.3. The molecule has 1 aliphatic carbocycles. The number of anilines is 1. The molecule has 0 spiro atoms. The van der Waals surface area contributed by atoms with E-state index in [1.165, 1.54) is 12.1 Å². The molecule has 1 aromatic carbocycles. The van der Waals surface area contributed by atoms with Crippen molar-refractivity contribution >= 4 is 27.3 Å². The molecule has 1 aliphatic rings. The summed E-state index contributed by atoms with van der Waals surface area (Å²) in [5.41, 5.74) is 2.79. The number of aryl methyl sites for hydroxylation is 2. The van der Waals surface area contributed by atoms with E-state index in [0.717, 1.165) is 11.3 Å². The second kappa shape index (κ2) is 9.10. The average Bonchev–Trinajstić information content (AvgIpc) is 2.82. The zero-order chi connectivity index (χ0) is 24.5. The second-order valence-corrected chi connectivity index (χ2v) is 11.1. The normalized spacial score (nSPS) is 17.8. The van der Waals surface area contributed by atoms with Crippen molar-refractivity contribution in [1.82, 2.24) is 9.97 Å². The van der Waals surface area contributed by atoms with Crippen molar-refractivity contribution in [3.63, 3.8) is 0 Å². The molecule has 3 aromatic rings. The lowest BCUT2D eigenvalue weighted by atomic mass is 9.70. The van der Waals surface area contributed by atoms with E-state index in [4.69, 9.17) is 0 Å². The predicted octanol–water partition coefficient (Wildman–Crippen LogP) is 3.85. The number of benzene rings is 1. The Balaban J connectivity index is 1.51. The Morgan fingerprint density at radius 2 is 1.88 bits per heavy atom. The fourth-order valence-electron chi connectivity index (χ4n) is 4.34. The van der Waals surface area contributed by atoms with Gasteiger partial charge in [0, 0.05) is 11.8 Å². The van der Waals surface area contributed by atoms with Crippen LogP contribution in [0.4, 0.5) is 5.82 Å². The van der Waals surface area contributed by atoms with Crippen LogP contribution in [0.15, 0.2) is 59.6 Å². The highest BCUT2D eigenvalue weighted by Gasteiger charge is 2.42. The Kier molecular flexibility index (Phi) is 6.36. The number of sulfone groups is 1. The number of hydrogen-bond acceptors (Lipinski definition) is 6. The van der Waals surface area contributed by atoms with Crippen LogP contribution in [0.5, 0.6) is 0 Å². The molecule has 7 nitrogen and oxygen atoms in total. The summed E-state index contributed by atoms with van der Waals surface area (Å²) >= 11 is 0. The average molecular weight is 478 g/mol. The number of fused-ring (bicyclic) bond motifs is 1. The topological polar surface area (TPSA) is 106 Å². The van der Waals surface area contributed by atoms with E-state index >= 15 is 0 Å². The van der Waals surface area contributed by atoms with E-state index in [1.54, 1.807) is 31.3 Å². The number of hydrogen-bond donors (Lipinski definition) is 1. The van der Waals surface area contributed by atoms with E-state index in [1.807, 2.05) is 32.0 Å². The summed E-state index contributed by atoms with van der Waals surface area (Å²) in [6, 6.07) is 13.6. The second-order valence-electron chi connectivity index (χ2n) is 8.79. The number of carbonyl (C=O) groups is 2. The van der Waals surface area contributed by atoms with Crippen molar-refractivity contribution < 1.29 is 18.0 Å². The van der Waals surface area contributed by atoms with Crippen LogP contribution in [-0.2, 0) is 32.9 Å². The number of nitrogens with one attached hydrogen (secondary N) is 1. The van der Waals surface area contributed by atoms with Crippen molar-refractivity contribution in [2.24, 2.45) is 0 Å². The number of ketones is 1. The molecular formula is C26H27N3O4S. The number of carbonyl (C=O) groups excluding carboxylic acids is 2. The minimum Gasteiger partial charge on any atom is -0.310 e. The maximum absolute atomic E-state index is 13.4. The van der Waals surface area contributed by atoms with Gasteiger partial charge in [-0.05, 0) is 68.1 Å². The lowest BCUT2D eigenvalue weighted by Gasteiger charge is -2.33. The zero-order valence-corrected chi connectivity index (χ0v) is 20.3. The van der Waals surface area contributed by atoms with Gasteiger partial charge in [0.1, 0.15) is 5.82 Å². The van der Waals surface area contributed by atoms with Crippen LogP contribution in [0.2, 0.25) is 0 Å². The monoisotopic (exact) mass is 477 g/mol. The van der Waals surface area contributed by atoms with Gasteiger partial charge in [0.25, 0.3) is 0 Å². The molecule has 0 bridgehead atoms. The smallest absolute Gasteiger partial charge is 0.229 e. The van der Waals surface area contributed by atoms with E-state index in [-0.39, 0.29) is 28.8 Å². The van der Waals surface area contributed by atoms with Crippen LogP contribution in [0.1, 0.15) is 53.1 Å². The van der Waals surface area contributed by atoms with Crippen LogP contribution in [-0.4, -0.2) is 35.8 Å². The largest absolute Gasteiger partial charge is 0.310 e.